The molecule has 1 fully saturated rings. The normalized spacial score (nSPS) is 27.2. The number of aliphatic hydroxyl groups is 1. The van der Waals surface area contributed by atoms with Crippen LogP contribution in [0.4, 0.5) is 5.69 Å². The van der Waals surface area contributed by atoms with Crippen molar-refractivity contribution in [3.63, 3.8) is 0 Å². The zero-order valence-corrected chi connectivity index (χ0v) is 11.8. The minimum Gasteiger partial charge on any atom is -0.506 e. The summed E-state index contributed by atoms with van der Waals surface area (Å²) < 4.78 is 0. The number of hydrogen-bond donors (Lipinski definition) is 4. The van der Waals surface area contributed by atoms with Crippen LogP contribution in [0.1, 0.15) is 55.8 Å². The highest BCUT2D eigenvalue weighted by molar-refractivity contribution is 5.62. The summed E-state index contributed by atoms with van der Waals surface area (Å²) in [6.07, 6.45) is 7.51. The van der Waals surface area contributed by atoms with Crippen molar-refractivity contribution >= 4 is 5.69 Å². The van der Waals surface area contributed by atoms with Gasteiger partial charge in [-0.25, -0.2) is 0 Å². The first-order valence-electron chi connectivity index (χ1n) is 7.71. The number of anilines is 1. The van der Waals surface area contributed by atoms with Gasteiger partial charge in [0, 0.05) is 12.1 Å². The molecule has 2 aliphatic carbocycles. The van der Waals surface area contributed by atoms with E-state index in [0.717, 1.165) is 24.0 Å². The van der Waals surface area contributed by atoms with Crippen LogP contribution in [0.5, 0.6) is 5.75 Å². The van der Waals surface area contributed by atoms with Crippen molar-refractivity contribution in [2.24, 2.45) is 0 Å². The number of nitrogens with two attached hydrogens (primary N) is 1. The molecule has 0 bridgehead atoms. The van der Waals surface area contributed by atoms with Crippen molar-refractivity contribution in [3.8, 4) is 5.75 Å². The number of aliphatic hydroxyl groups excluding tert-OH is 1. The van der Waals surface area contributed by atoms with Crippen LogP contribution < -0.4 is 11.1 Å². The Morgan fingerprint density at radius 2 is 1.85 bits per heavy atom. The van der Waals surface area contributed by atoms with Gasteiger partial charge in [-0.15, -0.1) is 0 Å². The molecule has 1 aromatic carbocycles. The molecule has 5 N–H and O–H groups in total. The zero-order valence-electron chi connectivity index (χ0n) is 11.8. The lowest BCUT2D eigenvalue weighted by Crippen LogP contribution is -2.45. The van der Waals surface area contributed by atoms with E-state index in [1.807, 2.05) is 0 Å². The van der Waals surface area contributed by atoms with E-state index in [1.54, 1.807) is 12.1 Å². The molecule has 2 aliphatic rings. The summed E-state index contributed by atoms with van der Waals surface area (Å²) in [5.74, 6) is 0.120. The van der Waals surface area contributed by atoms with E-state index in [-0.39, 0.29) is 11.8 Å². The van der Waals surface area contributed by atoms with Crippen LogP contribution in [0.2, 0.25) is 0 Å². The first kappa shape index (κ1) is 13.7. The molecule has 4 heteroatoms. The molecule has 3 rings (SSSR count). The van der Waals surface area contributed by atoms with Crippen LogP contribution in [-0.4, -0.2) is 22.3 Å². The molecule has 110 valence electrons. The van der Waals surface area contributed by atoms with Gasteiger partial charge in [-0.2, -0.15) is 0 Å². The highest BCUT2D eigenvalue weighted by Gasteiger charge is 2.31. The van der Waals surface area contributed by atoms with E-state index < -0.39 is 6.10 Å². The average Bonchev–Trinajstić information content (AvgIpc) is 2.47. The van der Waals surface area contributed by atoms with Gasteiger partial charge in [0.1, 0.15) is 5.75 Å². The second kappa shape index (κ2) is 5.62. The minimum atomic E-state index is -0.524. The Balaban J connectivity index is 1.75. The van der Waals surface area contributed by atoms with Crippen molar-refractivity contribution in [2.45, 2.75) is 63.1 Å². The molecule has 0 aliphatic heterocycles. The van der Waals surface area contributed by atoms with Gasteiger partial charge in [-0.3, -0.25) is 0 Å². The topological polar surface area (TPSA) is 78.5 Å². The second-order valence-electron chi connectivity index (χ2n) is 6.16. The Labute approximate surface area is 120 Å². The summed E-state index contributed by atoms with van der Waals surface area (Å²) in [4.78, 5) is 0. The molecule has 1 aromatic rings. The third-order valence-electron chi connectivity index (χ3n) is 4.83. The Kier molecular flexibility index (Phi) is 3.85. The largest absolute Gasteiger partial charge is 0.506 e. The Hall–Kier alpha value is -1.26. The van der Waals surface area contributed by atoms with Crippen molar-refractivity contribution in [1.82, 2.24) is 5.32 Å². The van der Waals surface area contributed by atoms with Crippen LogP contribution in [0.3, 0.4) is 0 Å². The molecule has 0 heterocycles. The standard InChI is InChI=1S/C16H24N2O2/c17-15-11-6-8-13(18-10-4-2-1-3-5-10)16(20)12(11)7-9-14(15)19/h7,9-10,13,16,18-20H,1-6,8,17H2. The van der Waals surface area contributed by atoms with Gasteiger partial charge in [0.05, 0.1) is 11.8 Å². The van der Waals surface area contributed by atoms with Crippen LogP contribution in [0.25, 0.3) is 0 Å². The van der Waals surface area contributed by atoms with Crippen molar-refractivity contribution < 1.29 is 10.2 Å². The fraction of sp³-hybridized carbons (Fsp3) is 0.625. The quantitative estimate of drug-likeness (QED) is 0.493. The molecule has 20 heavy (non-hydrogen) atoms. The first-order valence-corrected chi connectivity index (χ1v) is 7.71. The number of aromatic hydroxyl groups is 1. The fourth-order valence-corrected chi connectivity index (χ4v) is 3.65. The Morgan fingerprint density at radius 3 is 2.60 bits per heavy atom. The summed E-state index contributed by atoms with van der Waals surface area (Å²) in [6, 6.07) is 4.04. The molecule has 0 saturated heterocycles. The number of hydrogen-bond acceptors (Lipinski definition) is 4. The summed E-state index contributed by atoms with van der Waals surface area (Å²) in [5.41, 5.74) is 8.13. The van der Waals surface area contributed by atoms with Gasteiger partial charge in [0.25, 0.3) is 0 Å². The van der Waals surface area contributed by atoms with Gasteiger partial charge >= 0.3 is 0 Å². The third kappa shape index (κ3) is 2.50. The van der Waals surface area contributed by atoms with E-state index in [2.05, 4.69) is 5.32 Å². The van der Waals surface area contributed by atoms with Crippen LogP contribution in [0.15, 0.2) is 12.1 Å². The number of fused-ring (bicyclic) bond motifs is 1. The molecule has 2 atom stereocenters. The summed E-state index contributed by atoms with van der Waals surface area (Å²) in [5, 5.41) is 23.9. The van der Waals surface area contributed by atoms with E-state index in [9.17, 15) is 10.2 Å². The fourth-order valence-electron chi connectivity index (χ4n) is 3.65. The van der Waals surface area contributed by atoms with Crippen molar-refractivity contribution in [1.29, 1.82) is 0 Å². The number of phenolic OH excluding ortho intramolecular Hbond substituents is 1. The van der Waals surface area contributed by atoms with E-state index in [0.29, 0.717) is 11.7 Å². The zero-order chi connectivity index (χ0) is 14.1. The maximum atomic E-state index is 10.6. The number of nitrogens with one attached hydrogen (secondary N) is 1. The molecule has 0 amide bonds. The number of benzene rings is 1. The Morgan fingerprint density at radius 1 is 1.10 bits per heavy atom. The lowest BCUT2D eigenvalue weighted by Gasteiger charge is -2.35. The Bertz CT molecular complexity index is 484. The lowest BCUT2D eigenvalue weighted by molar-refractivity contribution is 0.104. The number of rotatable bonds is 2. The maximum absolute atomic E-state index is 10.6. The number of phenols is 1. The highest BCUT2D eigenvalue weighted by atomic mass is 16.3. The molecule has 0 spiro atoms. The highest BCUT2D eigenvalue weighted by Crippen LogP contribution is 2.37. The van der Waals surface area contributed by atoms with Gasteiger partial charge in [0.2, 0.25) is 0 Å². The van der Waals surface area contributed by atoms with Crippen LogP contribution in [-0.2, 0) is 6.42 Å². The SMILES string of the molecule is Nc1c(O)ccc2c1CCC(NC1CCCCC1)C2O. The molecule has 0 radical (unpaired) electrons. The van der Waals surface area contributed by atoms with E-state index in [1.165, 1.54) is 32.1 Å². The molecular formula is C16H24N2O2. The van der Waals surface area contributed by atoms with E-state index >= 15 is 0 Å². The third-order valence-corrected chi connectivity index (χ3v) is 4.83. The predicted molar refractivity (Wildman–Crippen MR) is 79.6 cm³/mol. The first-order chi connectivity index (χ1) is 9.66. The monoisotopic (exact) mass is 276 g/mol. The smallest absolute Gasteiger partial charge is 0.138 e. The molecule has 2 unspecified atom stereocenters. The van der Waals surface area contributed by atoms with Gasteiger partial charge in [-0.1, -0.05) is 25.3 Å². The summed E-state index contributed by atoms with van der Waals surface area (Å²) in [6.45, 7) is 0. The second-order valence-corrected chi connectivity index (χ2v) is 6.16. The molecule has 1 saturated carbocycles. The number of nitrogen functional groups attached to an aromatic ring is 1. The van der Waals surface area contributed by atoms with Gasteiger partial charge < -0.3 is 21.3 Å². The summed E-state index contributed by atoms with van der Waals surface area (Å²) in [7, 11) is 0. The average molecular weight is 276 g/mol. The molecule has 4 nitrogen and oxygen atoms in total. The maximum Gasteiger partial charge on any atom is 0.138 e. The van der Waals surface area contributed by atoms with Crippen molar-refractivity contribution in [2.75, 3.05) is 5.73 Å². The van der Waals surface area contributed by atoms with E-state index in [4.69, 9.17) is 5.73 Å². The van der Waals surface area contributed by atoms with Crippen molar-refractivity contribution in [3.05, 3.63) is 23.3 Å². The summed E-state index contributed by atoms with van der Waals surface area (Å²) >= 11 is 0. The van der Waals surface area contributed by atoms with Gasteiger partial charge in [-0.05, 0) is 42.9 Å². The minimum absolute atomic E-state index is 0.106. The predicted octanol–water partition coefficient (Wildman–Crippen LogP) is 2.24. The van der Waals surface area contributed by atoms with Gasteiger partial charge in [0.15, 0.2) is 0 Å². The van der Waals surface area contributed by atoms with Crippen LogP contribution >= 0.6 is 0 Å². The molecular weight excluding hydrogens is 252 g/mol. The lowest BCUT2D eigenvalue weighted by atomic mass is 9.83. The van der Waals surface area contributed by atoms with Crippen LogP contribution in [0, 0.1) is 0 Å². The molecule has 0 aromatic heterocycles.